The fourth-order valence-corrected chi connectivity index (χ4v) is 1.73. The molecule has 0 radical (unpaired) electrons. The quantitative estimate of drug-likeness (QED) is 0.781. The third-order valence-corrected chi connectivity index (χ3v) is 2.63. The van der Waals surface area contributed by atoms with E-state index in [0.29, 0.717) is 6.54 Å². The number of benzene rings is 1. The van der Waals surface area contributed by atoms with Gasteiger partial charge in [-0.25, -0.2) is 0 Å². The maximum absolute atomic E-state index is 11.9. The van der Waals surface area contributed by atoms with Gasteiger partial charge in [-0.05, 0) is 29.3 Å². The van der Waals surface area contributed by atoms with Crippen LogP contribution < -0.4 is 5.56 Å². The van der Waals surface area contributed by atoms with Crippen LogP contribution in [0.1, 0.15) is 15.9 Å². The molecule has 17 heavy (non-hydrogen) atoms. The molecule has 0 unspecified atom stereocenters. The van der Waals surface area contributed by atoms with Crippen molar-refractivity contribution in [1.82, 2.24) is 4.57 Å². The Morgan fingerprint density at radius 2 is 1.82 bits per heavy atom. The summed E-state index contributed by atoms with van der Waals surface area (Å²) < 4.78 is 1.46. The second-order valence-electron chi connectivity index (χ2n) is 3.61. The summed E-state index contributed by atoms with van der Waals surface area (Å²) in [5.74, 6) is 0. The van der Waals surface area contributed by atoms with Crippen LogP contribution in [-0.2, 0) is 6.54 Å². The van der Waals surface area contributed by atoms with Crippen LogP contribution in [0.5, 0.6) is 0 Å². The Kier molecular flexibility index (Phi) is 3.40. The van der Waals surface area contributed by atoms with Crippen LogP contribution in [0, 0.1) is 0 Å². The Labute approximate surface area is 103 Å². The summed E-state index contributed by atoms with van der Waals surface area (Å²) in [7, 11) is 0. The van der Waals surface area contributed by atoms with Crippen LogP contribution in [-0.4, -0.2) is 9.81 Å². The van der Waals surface area contributed by atoms with Gasteiger partial charge >= 0.3 is 0 Å². The number of hydrogen-bond acceptors (Lipinski definition) is 2. The molecule has 0 saturated carbocycles. The average molecular weight is 248 g/mol. The zero-order chi connectivity index (χ0) is 12.3. The van der Waals surface area contributed by atoms with Gasteiger partial charge in [-0.2, -0.15) is 0 Å². The van der Waals surface area contributed by atoms with Crippen LogP contribution in [0.25, 0.3) is 0 Å². The van der Waals surface area contributed by atoms with Gasteiger partial charge in [0, 0.05) is 6.20 Å². The molecule has 0 saturated heterocycles. The van der Waals surface area contributed by atoms with Gasteiger partial charge in [-0.3, -0.25) is 9.59 Å². The van der Waals surface area contributed by atoms with Crippen LogP contribution in [0.3, 0.4) is 0 Å². The van der Waals surface area contributed by atoms with Crippen molar-refractivity contribution in [3.8, 4) is 0 Å². The number of aromatic nitrogens is 1. The largest absolute Gasteiger partial charge is 0.310 e. The van der Waals surface area contributed by atoms with Gasteiger partial charge in [0.25, 0.3) is 10.8 Å². The first-order valence-corrected chi connectivity index (χ1v) is 5.49. The molecule has 0 bridgehead atoms. The molecule has 2 aromatic rings. The summed E-state index contributed by atoms with van der Waals surface area (Å²) in [5.41, 5.74) is 0.634. The lowest BCUT2D eigenvalue weighted by Gasteiger charge is -2.06. The molecule has 86 valence electrons. The van der Waals surface area contributed by atoms with Crippen LogP contribution in [0.4, 0.5) is 0 Å². The first-order chi connectivity index (χ1) is 8.18. The number of pyridine rings is 1. The molecule has 2 rings (SSSR count). The van der Waals surface area contributed by atoms with Crippen molar-refractivity contribution in [2.45, 2.75) is 6.54 Å². The first kappa shape index (κ1) is 11.6. The predicted octanol–water partition coefficient (Wildman–Crippen LogP) is 2.28. The highest BCUT2D eigenvalue weighted by Gasteiger charge is 2.09. The molecule has 3 nitrogen and oxygen atoms in total. The second kappa shape index (κ2) is 4.97. The summed E-state index contributed by atoms with van der Waals surface area (Å²) in [6.45, 7) is 0.428. The van der Waals surface area contributed by atoms with Gasteiger partial charge in [0.05, 0.1) is 12.1 Å². The number of carbonyl (C=O) groups excluding carboxylic acids is 1. The van der Waals surface area contributed by atoms with E-state index in [1.165, 1.54) is 10.6 Å². The van der Waals surface area contributed by atoms with E-state index in [1.807, 2.05) is 30.3 Å². The molecule has 0 atom stereocenters. The highest BCUT2D eigenvalue weighted by atomic mass is 35.5. The SMILES string of the molecule is O=C(Cl)c1cccn(Cc2ccccc2)c1=O. The number of halogens is 1. The van der Waals surface area contributed by atoms with E-state index in [2.05, 4.69) is 0 Å². The lowest BCUT2D eigenvalue weighted by Crippen LogP contribution is -2.24. The van der Waals surface area contributed by atoms with Crippen LogP contribution in [0.15, 0.2) is 53.5 Å². The lowest BCUT2D eigenvalue weighted by molar-refractivity contribution is 0.107. The molecule has 0 aliphatic heterocycles. The van der Waals surface area contributed by atoms with Gasteiger partial charge < -0.3 is 4.57 Å². The minimum atomic E-state index is -0.725. The van der Waals surface area contributed by atoms with E-state index in [4.69, 9.17) is 11.6 Å². The zero-order valence-electron chi connectivity index (χ0n) is 8.97. The minimum Gasteiger partial charge on any atom is -0.310 e. The smallest absolute Gasteiger partial charge is 0.263 e. The second-order valence-corrected chi connectivity index (χ2v) is 3.96. The Bertz CT molecular complexity index is 590. The highest BCUT2D eigenvalue weighted by Crippen LogP contribution is 2.02. The van der Waals surface area contributed by atoms with Crippen molar-refractivity contribution in [3.63, 3.8) is 0 Å². The third-order valence-electron chi connectivity index (χ3n) is 2.43. The third kappa shape index (κ3) is 2.63. The summed E-state index contributed by atoms with van der Waals surface area (Å²) in [4.78, 5) is 22.9. The Morgan fingerprint density at radius 1 is 1.12 bits per heavy atom. The molecule has 1 aromatic carbocycles. The average Bonchev–Trinajstić information content (AvgIpc) is 2.33. The van der Waals surface area contributed by atoms with Crippen molar-refractivity contribution in [3.05, 3.63) is 70.1 Å². The maximum atomic E-state index is 11.9. The highest BCUT2D eigenvalue weighted by molar-refractivity contribution is 6.67. The van der Waals surface area contributed by atoms with Crippen molar-refractivity contribution in [1.29, 1.82) is 0 Å². The van der Waals surface area contributed by atoms with Crippen molar-refractivity contribution < 1.29 is 4.79 Å². The van der Waals surface area contributed by atoms with E-state index in [9.17, 15) is 9.59 Å². The summed E-state index contributed by atoms with van der Waals surface area (Å²) in [5, 5.41) is -0.725. The number of carbonyl (C=O) groups is 1. The standard InChI is InChI=1S/C13H10ClNO2/c14-12(16)11-7-4-8-15(13(11)17)9-10-5-2-1-3-6-10/h1-8H,9H2. The molecular weight excluding hydrogens is 238 g/mol. The van der Waals surface area contributed by atoms with E-state index in [1.54, 1.807) is 12.3 Å². The molecular formula is C13H10ClNO2. The van der Waals surface area contributed by atoms with E-state index < -0.39 is 5.24 Å². The predicted molar refractivity (Wildman–Crippen MR) is 66.4 cm³/mol. The van der Waals surface area contributed by atoms with Gasteiger partial charge in [-0.15, -0.1) is 0 Å². The number of rotatable bonds is 3. The van der Waals surface area contributed by atoms with Crippen LogP contribution in [0.2, 0.25) is 0 Å². The zero-order valence-corrected chi connectivity index (χ0v) is 9.72. The van der Waals surface area contributed by atoms with E-state index in [-0.39, 0.29) is 11.1 Å². The number of nitrogens with zero attached hydrogens (tertiary/aromatic N) is 1. The lowest BCUT2D eigenvalue weighted by atomic mass is 10.2. The molecule has 0 amide bonds. The summed E-state index contributed by atoms with van der Waals surface area (Å²) in [6, 6.07) is 12.6. The van der Waals surface area contributed by atoms with E-state index in [0.717, 1.165) is 5.56 Å². The summed E-state index contributed by atoms with van der Waals surface area (Å²) in [6.07, 6.45) is 1.64. The van der Waals surface area contributed by atoms with Crippen molar-refractivity contribution >= 4 is 16.8 Å². The number of hydrogen-bond donors (Lipinski definition) is 0. The monoisotopic (exact) mass is 247 g/mol. The molecule has 1 aromatic heterocycles. The fourth-order valence-electron chi connectivity index (χ4n) is 1.59. The molecule has 1 heterocycles. The van der Waals surface area contributed by atoms with Gasteiger partial charge in [0.15, 0.2) is 0 Å². The first-order valence-electron chi connectivity index (χ1n) is 5.11. The molecule has 0 aliphatic rings. The molecule has 0 aliphatic carbocycles. The minimum absolute atomic E-state index is 0.00472. The Hall–Kier alpha value is -1.87. The van der Waals surface area contributed by atoms with Gasteiger partial charge in [0.2, 0.25) is 0 Å². The van der Waals surface area contributed by atoms with E-state index >= 15 is 0 Å². The molecule has 0 N–H and O–H groups in total. The Balaban J connectivity index is 2.38. The maximum Gasteiger partial charge on any atom is 0.263 e. The summed E-state index contributed by atoms with van der Waals surface area (Å²) >= 11 is 5.33. The molecule has 0 fully saturated rings. The van der Waals surface area contributed by atoms with Crippen LogP contribution >= 0.6 is 11.6 Å². The van der Waals surface area contributed by atoms with Gasteiger partial charge in [0.1, 0.15) is 0 Å². The Morgan fingerprint density at radius 3 is 2.47 bits per heavy atom. The van der Waals surface area contributed by atoms with Crippen molar-refractivity contribution in [2.24, 2.45) is 0 Å². The molecule has 0 spiro atoms. The van der Waals surface area contributed by atoms with Crippen molar-refractivity contribution in [2.75, 3.05) is 0 Å². The van der Waals surface area contributed by atoms with Gasteiger partial charge in [-0.1, -0.05) is 30.3 Å². The topological polar surface area (TPSA) is 39.1 Å². The molecule has 4 heteroatoms. The normalized spacial score (nSPS) is 10.2. The fraction of sp³-hybridized carbons (Fsp3) is 0.0769.